The maximum atomic E-state index is 10.8. The summed E-state index contributed by atoms with van der Waals surface area (Å²) in [5, 5.41) is 9.60. The van der Waals surface area contributed by atoms with Gasteiger partial charge in [0.1, 0.15) is 0 Å². The fraction of sp³-hybridized carbons (Fsp3) is 0.562. The van der Waals surface area contributed by atoms with Crippen molar-refractivity contribution >= 4 is 40.8 Å². The molecule has 0 saturated carbocycles. The molecule has 1 N–H and O–H groups in total. The second kappa shape index (κ2) is 8.87. The highest BCUT2D eigenvalue weighted by Gasteiger charge is 2.32. The number of alkyl halides is 2. The van der Waals surface area contributed by atoms with Gasteiger partial charge in [0.2, 0.25) is 4.33 Å². The maximum Gasteiger partial charge on any atom is 0.340 e. The van der Waals surface area contributed by atoms with Crippen LogP contribution in [0.1, 0.15) is 56.9 Å². The lowest BCUT2D eigenvalue weighted by Crippen LogP contribution is -2.25. The van der Waals surface area contributed by atoms with Crippen molar-refractivity contribution in [3.8, 4) is 0 Å². The molecule has 1 aromatic carbocycles. The van der Waals surface area contributed by atoms with Crippen LogP contribution < -0.4 is 0 Å². The summed E-state index contributed by atoms with van der Waals surface area (Å²) in [6, 6.07) is 7.94. The van der Waals surface area contributed by atoms with E-state index in [2.05, 4.69) is 19.1 Å². The number of rotatable bonds is 9. The molecule has 0 heterocycles. The Kier molecular flexibility index (Phi) is 7.86. The molecule has 1 unspecified atom stereocenters. The molecule has 0 aliphatic carbocycles. The number of aliphatic carboxylic acids is 1. The molecule has 0 radical (unpaired) electrons. The highest BCUT2D eigenvalue weighted by atomic mass is 35.5. The topological polar surface area (TPSA) is 37.3 Å². The minimum atomic E-state index is -1.67. The van der Waals surface area contributed by atoms with Crippen molar-refractivity contribution in [1.29, 1.82) is 0 Å². The molecule has 1 atom stereocenters. The molecule has 0 aliphatic heterocycles. The van der Waals surface area contributed by atoms with E-state index in [1.54, 1.807) is 0 Å². The third kappa shape index (κ3) is 6.46. The molecule has 0 saturated heterocycles. The summed E-state index contributed by atoms with van der Waals surface area (Å²) in [5.41, 5.74) is 1.28. The fourth-order valence-electron chi connectivity index (χ4n) is 2.41. The minimum absolute atomic E-state index is 0.269. The number of benzene rings is 1. The summed E-state index contributed by atoms with van der Waals surface area (Å²) in [7, 11) is 0. The molecule has 0 aliphatic rings. The summed E-state index contributed by atoms with van der Waals surface area (Å²) in [4.78, 5) is 10.8. The Hall–Kier alpha value is -0.440. The third-order valence-electron chi connectivity index (χ3n) is 3.58. The lowest BCUT2D eigenvalue weighted by atomic mass is 9.89. The minimum Gasteiger partial charge on any atom is -0.479 e. The Morgan fingerprint density at radius 3 is 2.33 bits per heavy atom. The van der Waals surface area contributed by atoms with Crippen molar-refractivity contribution in [1.82, 2.24) is 0 Å². The van der Waals surface area contributed by atoms with Crippen LogP contribution in [0.5, 0.6) is 0 Å². The molecule has 0 amide bonds. The van der Waals surface area contributed by atoms with Crippen molar-refractivity contribution in [3.63, 3.8) is 0 Å². The monoisotopic (exact) mass is 350 g/mol. The van der Waals surface area contributed by atoms with E-state index in [1.807, 2.05) is 12.1 Å². The molecular weight excluding hydrogens is 331 g/mol. The Morgan fingerprint density at radius 2 is 1.81 bits per heavy atom. The van der Waals surface area contributed by atoms with Crippen LogP contribution in [0.25, 0.3) is 0 Å². The Bertz CT molecular complexity index is 443. The van der Waals surface area contributed by atoms with Crippen LogP contribution in [0.15, 0.2) is 24.3 Å². The zero-order valence-corrected chi connectivity index (χ0v) is 14.4. The first-order valence-electron chi connectivity index (χ1n) is 7.23. The highest BCUT2D eigenvalue weighted by molar-refractivity contribution is 6.57. The van der Waals surface area contributed by atoms with Crippen molar-refractivity contribution in [2.24, 2.45) is 0 Å². The van der Waals surface area contributed by atoms with Gasteiger partial charge in [0.25, 0.3) is 0 Å². The van der Waals surface area contributed by atoms with E-state index in [4.69, 9.17) is 39.9 Å². The predicted octanol–water partition coefficient (Wildman–Crippen LogP) is 6.04. The van der Waals surface area contributed by atoms with E-state index in [9.17, 15) is 4.79 Å². The van der Waals surface area contributed by atoms with Gasteiger partial charge in [0.05, 0.1) is 0 Å². The van der Waals surface area contributed by atoms with E-state index in [-0.39, 0.29) is 6.42 Å². The molecule has 1 rings (SSSR count). The number of halogens is 3. The van der Waals surface area contributed by atoms with Gasteiger partial charge in [-0.25, -0.2) is 4.79 Å². The lowest BCUT2D eigenvalue weighted by Gasteiger charge is -2.18. The maximum absolute atomic E-state index is 10.8. The first kappa shape index (κ1) is 18.6. The van der Waals surface area contributed by atoms with Gasteiger partial charge in [-0.2, -0.15) is 0 Å². The normalized spacial score (nSPS) is 13.1. The SMILES string of the molecule is CCCC(CCCCC(Cl)(Cl)C(=O)O)c1ccc(Cl)cc1. The largest absolute Gasteiger partial charge is 0.479 e. The first-order chi connectivity index (χ1) is 9.86. The van der Waals surface area contributed by atoms with Crippen molar-refractivity contribution in [3.05, 3.63) is 34.9 Å². The average molecular weight is 352 g/mol. The van der Waals surface area contributed by atoms with Crippen LogP contribution >= 0.6 is 34.8 Å². The standard InChI is InChI=1S/C16H21Cl3O2/c1-2-5-12(13-7-9-14(17)10-8-13)6-3-4-11-16(18,19)15(20)21/h7-10,12H,2-6,11H2,1H3,(H,20,21). The van der Waals surface area contributed by atoms with Crippen LogP contribution in [-0.4, -0.2) is 15.4 Å². The average Bonchev–Trinajstić information content (AvgIpc) is 2.43. The van der Waals surface area contributed by atoms with Crippen molar-refractivity contribution in [2.75, 3.05) is 0 Å². The van der Waals surface area contributed by atoms with Crippen molar-refractivity contribution < 1.29 is 9.90 Å². The summed E-state index contributed by atoms with van der Waals surface area (Å²) >= 11 is 17.4. The zero-order chi connectivity index (χ0) is 15.9. The Morgan fingerprint density at radius 1 is 1.19 bits per heavy atom. The van der Waals surface area contributed by atoms with Gasteiger partial charge >= 0.3 is 5.97 Å². The quantitative estimate of drug-likeness (QED) is 0.435. The van der Waals surface area contributed by atoms with Crippen LogP contribution in [0.4, 0.5) is 0 Å². The number of hydrogen-bond acceptors (Lipinski definition) is 1. The second-order valence-corrected chi connectivity index (χ2v) is 7.21. The van der Waals surface area contributed by atoms with E-state index >= 15 is 0 Å². The van der Waals surface area contributed by atoms with Gasteiger partial charge in [-0.1, -0.05) is 66.7 Å². The van der Waals surface area contributed by atoms with Crippen LogP contribution in [0, 0.1) is 0 Å². The number of carboxylic acid groups (broad SMARTS) is 1. The molecule has 2 nitrogen and oxygen atoms in total. The van der Waals surface area contributed by atoms with Crippen LogP contribution in [0.2, 0.25) is 5.02 Å². The molecule has 0 bridgehead atoms. The van der Waals surface area contributed by atoms with Crippen molar-refractivity contribution in [2.45, 2.75) is 55.7 Å². The Labute approximate surface area is 141 Å². The third-order valence-corrected chi connectivity index (χ3v) is 4.54. The number of carboxylic acids is 1. The summed E-state index contributed by atoms with van der Waals surface area (Å²) in [6.45, 7) is 2.16. The lowest BCUT2D eigenvalue weighted by molar-refractivity contribution is -0.138. The van der Waals surface area contributed by atoms with E-state index in [0.717, 1.165) is 30.7 Å². The number of hydrogen-bond donors (Lipinski definition) is 1. The molecule has 0 aromatic heterocycles. The molecule has 0 spiro atoms. The van der Waals surface area contributed by atoms with Gasteiger partial charge in [-0.3, -0.25) is 0 Å². The molecular formula is C16H21Cl3O2. The zero-order valence-electron chi connectivity index (χ0n) is 12.1. The fourth-order valence-corrected chi connectivity index (χ4v) is 2.80. The summed E-state index contributed by atoms with van der Waals surface area (Å²) in [5.74, 6) is -0.703. The molecule has 0 fully saturated rings. The smallest absolute Gasteiger partial charge is 0.340 e. The predicted molar refractivity (Wildman–Crippen MR) is 89.6 cm³/mol. The van der Waals surface area contributed by atoms with Gasteiger partial charge in [-0.05, 0) is 49.3 Å². The first-order valence-corrected chi connectivity index (χ1v) is 8.37. The van der Waals surface area contributed by atoms with E-state index < -0.39 is 10.3 Å². The molecule has 21 heavy (non-hydrogen) atoms. The van der Waals surface area contributed by atoms with E-state index in [1.165, 1.54) is 5.56 Å². The Balaban J connectivity index is 2.49. The summed E-state index contributed by atoms with van der Waals surface area (Å²) < 4.78 is -1.67. The molecule has 1 aromatic rings. The van der Waals surface area contributed by atoms with Gasteiger partial charge in [0.15, 0.2) is 0 Å². The van der Waals surface area contributed by atoms with Gasteiger partial charge in [-0.15, -0.1) is 0 Å². The van der Waals surface area contributed by atoms with Crippen LogP contribution in [0.3, 0.4) is 0 Å². The highest BCUT2D eigenvalue weighted by Crippen LogP contribution is 2.31. The van der Waals surface area contributed by atoms with Gasteiger partial charge < -0.3 is 5.11 Å². The van der Waals surface area contributed by atoms with Crippen LogP contribution in [-0.2, 0) is 4.79 Å². The molecule has 118 valence electrons. The number of carbonyl (C=O) groups is 1. The summed E-state index contributed by atoms with van der Waals surface area (Å²) in [6.07, 6.45) is 5.09. The molecule has 5 heteroatoms. The van der Waals surface area contributed by atoms with Gasteiger partial charge in [0, 0.05) is 5.02 Å². The second-order valence-electron chi connectivity index (χ2n) is 5.29. The van der Waals surface area contributed by atoms with E-state index in [0.29, 0.717) is 12.3 Å². The number of unbranched alkanes of at least 4 members (excludes halogenated alkanes) is 1.